The fourth-order valence-corrected chi connectivity index (χ4v) is 4.77. The Kier molecular flexibility index (Phi) is 7.31. The first kappa shape index (κ1) is 26.1. The first-order chi connectivity index (χ1) is 20.1. The number of para-hydroxylation sites is 2. The number of benzene rings is 3. The number of ether oxygens (including phenoxy) is 2. The molecule has 0 radical (unpaired) electrons. The van der Waals surface area contributed by atoms with Gasteiger partial charge in [-0.25, -0.2) is 14.8 Å². The van der Waals surface area contributed by atoms with E-state index >= 15 is 0 Å². The number of aromatic nitrogens is 4. The van der Waals surface area contributed by atoms with Gasteiger partial charge in [-0.05, 0) is 36.8 Å². The lowest BCUT2D eigenvalue weighted by Gasteiger charge is -2.23. The number of nitrogens with one attached hydrogen (secondary N) is 2. The summed E-state index contributed by atoms with van der Waals surface area (Å²) in [5.41, 5.74) is 2.89. The quantitative estimate of drug-likeness (QED) is 0.312. The minimum absolute atomic E-state index is 0.0875. The van der Waals surface area contributed by atoms with Crippen molar-refractivity contribution in [2.75, 3.05) is 31.6 Å². The molecule has 3 heterocycles. The van der Waals surface area contributed by atoms with E-state index in [4.69, 9.17) is 24.5 Å². The van der Waals surface area contributed by atoms with Crippen molar-refractivity contribution in [2.24, 2.45) is 0 Å². The Morgan fingerprint density at radius 3 is 2.66 bits per heavy atom. The first-order valence-corrected chi connectivity index (χ1v) is 13.5. The third-order valence-corrected chi connectivity index (χ3v) is 6.77. The van der Waals surface area contributed by atoms with Crippen LogP contribution in [0.3, 0.4) is 0 Å². The Morgan fingerprint density at radius 1 is 1.02 bits per heavy atom. The van der Waals surface area contributed by atoms with Crippen LogP contribution in [0.15, 0.2) is 78.9 Å². The lowest BCUT2D eigenvalue weighted by atomic mass is 10.2. The van der Waals surface area contributed by atoms with Gasteiger partial charge in [0.25, 0.3) is 0 Å². The van der Waals surface area contributed by atoms with Crippen LogP contribution in [-0.2, 0) is 16.1 Å². The summed E-state index contributed by atoms with van der Waals surface area (Å²) in [6, 6.07) is 23.8. The summed E-state index contributed by atoms with van der Waals surface area (Å²) in [4.78, 5) is 37.2. The molecular weight excluding hydrogens is 522 g/mol. The predicted octanol–water partition coefficient (Wildman–Crippen LogP) is 3.89. The summed E-state index contributed by atoms with van der Waals surface area (Å²) >= 11 is 0. The molecule has 1 saturated heterocycles. The van der Waals surface area contributed by atoms with Gasteiger partial charge in [0.2, 0.25) is 11.9 Å². The van der Waals surface area contributed by atoms with Gasteiger partial charge in [0.05, 0.1) is 24.2 Å². The summed E-state index contributed by atoms with van der Waals surface area (Å²) < 4.78 is 12.9. The monoisotopic (exact) mass is 551 g/mol. The Balaban J connectivity index is 1.32. The molecule has 0 saturated carbocycles. The summed E-state index contributed by atoms with van der Waals surface area (Å²) in [7, 11) is 0. The molecular formula is C30H29N7O4. The highest BCUT2D eigenvalue weighted by Crippen LogP contribution is 2.30. The molecule has 2 N–H and O–H groups in total. The predicted molar refractivity (Wildman–Crippen MR) is 154 cm³/mol. The van der Waals surface area contributed by atoms with E-state index < -0.39 is 12.1 Å². The number of carbonyl (C=O) groups excluding carboxylic acids is 2. The van der Waals surface area contributed by atoms with Crippen LogP contribution in [-0.4, -0.2) is 68.8 Å². The number of hydrogen-bond acceptors (Lipinski definition) is 8. The van der Waals surface area contributed by atoms with Gasteiger partial charge in [-0.3, -0.25) is 4.79 Å². The largest absolute Gasteiger partial charge is 0.493 e. The van der Waals surface area contributed by atoms with E-state index in [1.54, 1.807) is 4.52 Å². The lowest BCUT2D eigenvalue weighted by Crippen LogP contribution is -2.44. The van der Waals surface area contributed by atoms with E-state index in [0.717, 1.165) is 16.5 Å². The van der Waals surface area contributed by atoms with Crippen molar-refractivity contribution in [3.63, 3.8) is 0 Å². The summed E-state index contributed by atoms with van der Waals surface area (Å²) in [5, 5.41) is 11.7. The van der Waals surface area contributed by atoms with Gasteiger partial charge in [-0.2, -0.15) is 4.52 Å². The van der Waals surface area contributed by atoms with Crippen LogP contribution in [0, 0.1) is 0 Å². The minimum Gasteiger partial charge on any atom is -0.493 e. The normalized spacial score (nSPS) is 15.4. The summed E-state index contributed by atoms with van der Waals surface area (Å²) in [6.45, 7) is 3.28. The van der Waals surface area contributed by atoms with Gasteiger partial charge in [-0.1, -0.05) is 54.6 Å². The Morgan fingerprint density at radius 2 is 1.80 bits per heavy atom. The molecule has 6 rings (SSSR count). The molecule has 11 nitrogen and oxygen atoms in total. The SMILES string of the molecule is CCOc1ccccc1-c1nc2c3ccccc3nc(N[C@@H]3CN(C(=O)OCc4ccccc4)CCNC3=O)n2n1. The minimum atomic E-state index is -0.804. The molecule has 0 unspecified atom stereocenters. The maximum Gasteiger partial charge on any atom is 0.410 e. The van der Waals surface area contributed by atoms with Gasteiger partial charge in [0.1, 0.15) is 18.4 Å². The number of carbonyl (C=O) groups is 2. The Hall–Kier alpha value is -5.19. The fraction of sp³-hybridized carbons (Fsp3) is 0.233. The van der Waals surface area contributed by atoms with Crippen molar-refractivity contribution < 1.29 is 19.1 Å². The molecule has 1 fully saturated rings. The highest BCUT2D eigenvalue weighted by atomic mass is 16.6. The van der Waals surface area contributed by atoms with Crippen LogP contribution in [0.5, 0.6) is 5.75 Å². The Bertz CT molecular complexity index is 1710. The molecule has 1 aliphatic rings. The standard InChI is InChI=1S/C30H29N7O4/c1-2-40-25-15-9-7-13-22(25)26-34-27-21-12-6-8-14-23(21)32-29(37(27)35-26)33-24-18-36(17-16-31-28(24)38)30(39)41-19-20-10-4-3-5-11-20/h3-15,24H,2,16-19H2,1H3,(H,31,38)(H,32,33)/t24-/m1/s1. The smallest absolute Gasteiger partial charge is 0.410 e. The third kappa shape index (κ3) is 5.46. The topological polar surface area (TPSA) is 123 Å². The number of anilines is 1. The van der Waals surface area contributed by atoms with Gasteiger partial charge < -0.3 is 25.0 Å². The second-order valence-electron chi connectivity index (χ2n) is 9.53. The zero-order valence-corrected chi connectivity index (χ0v) is 22.5. The van der Waals surface area contributed by atoms with Crippen molar-refractivity contribution in [1.29, 1.82) is 0 Å². The molecule has 3 aromatic carbocycles. The molecule has 11 heteroatoms. The molecule has 0 spiro atoms. The number of nitrogens with zero attached hydrogens (tertiary/aromatic N) is 5. The molecule has 2 amide bonds. The molecule has 0 bridgehead atoms. The highest BCUT2D eigenvalue weighted by molar-refractivity contribution is 5.93. The van der Waals surface area contributed by atoms with Gasteiger partial charge in [-0.15, -0.1) is 5.10 Å². The zero-order valence-electron chi connectivity index (χ0n) is 22.5. The van der Waals surface area contributed by atoms with E-state index in [9.17, 15) is 9.59 Å². The van der Waals surface area contributed by atoms with E-state index in [0.29, 0.717) is 48.4 Å². The van der Waals surface area contributed by atoms with E-state index in [-0.39, 0.29) is 19.1 Å². The molecule has 2 aromatic heterocycles. The van der Waals surface area contributed by atoms with Crippen LogP contribution >= 0.6 is 0 Å². The van der Waals surface area contributed by atoms with Gasteiger partial charge >= 0.3 is 6.09 Å². The van der Waals surface area contributed by atoms with Crippen LogP contribution in [0.1, 0.15) is 12.5 Å². The van der Waals surface area contributed by atoms with E-state index in [2.05, 4.69) is 10.6 Å². The number of amides is 2. The van der Waals surface area contributed by atoms with Crippen molar-refractivity contribution >= 4 is 34.5 Å². The van der Waals surface area contributed by atoms with Crippen molar-refractivity contribution in [3.05, 3.63) is 84.4 Å². The molecule has 1 atom stereocenters. The van der Waals surface area contributed by atoms with Crippen LogP contribution in [0.4, 0.5) is 10.7 Å². The third-order valence-electron chi connectivity index (χ3n) is 6.77. The van der Waals surface area contributed by atoms with Crippen LogP contribution < -0.4 is 15.4 Å². The zero-order chi connectivity index (χ0) is 28.2. The first-order valence-electron chi connectivity index (χ1n) is 13.5. The van der Waals surface area contributed by atoms with Gasteiger partial charge in [0.15, 0.2) is 11.5 Å². The van der Waals surface area contributed by atoms with Crippen LogP contribution in [0.25, 0.3) is 27.9 Å². The average Bonchev–Trinajstić information content (AvgIpc) is 3.37. The second kappa shape index (κ2) is 11.5. The van der Waals surface area contributed by atoms with Crippen molar-refractivity contribution in [1.82, 2.24) is 29.8 Å². The average molecular weight is 552 g/mol. The molecule has 0 aliphatic carbocycles. The lowest BCUT2D eigenvalue weighted by molar-refractivity contribution is -0.121. The molecule has 1 aliphatic heterocycles. The fourth-order valence-electron chi connectivity index (χ4n) is 4.77. The molecule has 5 aromatic rings. The maximum atomic E-state index is 13.1. The Labute approximate surface area is 236 Å². The van der Waals surface area contributed by atoms with Crippen molar-refractivity contribution in [3.8, 4) is 17.1 Å². The van der Waals surface area contributed by atoms with E-state index in [1.165, 1.54) is 4.90 Å². The highest BCUT2D eigenvalue weighted by Gasteiger charge is 2.30. The summed E-state index contributed by atoms with van der Waals surface area (Å²) in [6.07, 6.45) is -0.496. The summed E-state index contributed by atoms with van der Waals surface area (Å²) in [5.74, 6) is 1.21. The number of fused-ring (bicyclic) bond motifs is 3. The molecule has 41 heavy (non-hydrogen) atoms. The molecule has 208 valence electrons. The van der Waals surface area contributed by atoms with E-state index in [1.807, 2.05) is 85.8 Å². The van der Waals surface area contributed by atoms with Crippen LogP contribution in [0.2, 0.25) is 0 Å². The maximum absolute atomic E-state index is 13.1. The van der Waals surface area contributed by atoms with Gasteiger partial charge in [0, 0.05) is 18.5 Å². The number of hydrogen-bond donors (Lipinski definition) is 2. The van der Waals surface area contributed by atoms with Crippen molar-refractivity contribution in [2.45, 2.75) is 19.6 Å². The number of rotatable bonds is 7. The second-order valence-corrected chi connectivity index (χ2v) is 9.53.